The summed E-state index contributed by atoms with van der Waals surface area (Å²) in [6.45, 7) is 27.1. The predicted molar refractivity (Wildman–Crippen MR) is 243 cm³/mol. The standard InChI is InChI=1S/C23H25NO3.C20H21NO3.C3H5Br.CH3F.CH2O3.2Cs.H/c1-7-10-27-20-12-18(9-8-14(20)2)22-17(5)23(25)24(22)19-11-15(3)16(4)21(13-19)26-6;1-11-6-7-15(9-17(11)22)19-14(4)20(23)21(19)16-8-12(2)13(3)18(10-16)24-5;1-2-3-4;1-2;2-1-4-3;;;/h7-9,11-13,22H,1,5,10H2,2-4,6H3;6-10,19,22H,4H2,1-3,5H3;2H,1,3H2;1H3;1,3H;;;/q;;;;;2*+1;-1/p-1/t22-;19-;;;;;;/m11....../s1/i;;;1D;;;;. The summed E-state index contributed by atoms with van der Waals surface area (Å²) >= 11 is 3.13. The van der Waals surface area contributed by atoms with Gasteiger partial charge < -0.3 is 30.9 Å². The number of benzene rings is 4. The van der Waals surface area contributed by atoms with Crippen LogP contribution in [0.3, 0.4) is 0 Å². The molecule has 4 aromatic rings. The summed E-state index contributed by atoms with van der Waals surface area (Å²) < 4.78 is 32.1. The number of phenolic OH excluding ortho intramolecular Hbond substituents is 1. The largest absolute Gasteiger partial charge is 1.00 e. The summed E-state index contributed by atoms with van der Waals surface area (Å²) in [6.07, 6.45) is 3.51. The second-order valence-electron chi connectivity index (χ2n) is 13.7. The molecule has 4 aromatic carbocycles. The van der Waals surface area contributed by atoms with Gasteiger partial charge in [0.05, 0.1) is 34.8 Å². The van der Waals surface area contributed by atoms with Gasteiger partial charge in [-0.05, 0) is 110 Å². The van der Waals surface area contributed by atoms with Crippen LogP contribution in [0, 0.1) is 41.5 Å². The molecule has 1 N–H and O–H groups in total. The van der Waals surface area contributed by atoms with E-state index < -0.39 is 7.15 Å². The van der Waals surface area contributed by atoms with Gasteiger partial charge >= 0.3 is 138 Å². The molecular formula is C48H56BrCs2FN2O9. The van der Waals surface area contributed by atoms with Crippen molar-refractivity contribution in [3.8, 4) is 23.0 Å². The molecule has 2 aliphatic rings. The summed E-state index contributed by atoms with van der Waals surface area (Å²) in [6, 6.07) is 18.7. The quantitative estimate of drug-likeness (QED) is 0.0456. The summed E-state index contributed by atoms with van der Waals surface area (Å²) in [5, 5.41) is 19.3. The Morgan fingerprint density at radius 2 is 1.16 bits per heavy atom. The van der Waals surface area contributed by atoms with Gasteiger partial charge in [0.2, 0.25) is 0 Å². The Labute approximate surface area is 500 Å². The molecule has 0 aliphatic carbocycles. The number of methoxy groups -OCH3 is 2. The van der Waals surface area contributed by atoms with Crippen molar-refractivity contribution in [3.05, 3.63) is 155 Å². The van der Waals surface area contributed by atoms with Crippen molar-refractivity contribution in [2.45, 2.75) is 53.6 Å². The van der Waals surface area contributed by atoms with Crippen LogP contribution >= 0.6 is 15.9 Å². The Morgan fingerprint density at radius 1 is 0.762 bits per heavy atom. The second kappa shape index (κ2) is 30.3. The van der Waals surface area contributed by atoms with Crippen LogP contribution < -0.4 is 167 Å². The molecule has 0 saturated carbocycles. The summed E-state index contributed by atoms with van der Waals surface area (Å²) in [4.78, 5) is 39.7. The van der Waals surface area contributed by atoms with Crippen LogP contribution in [0.2, 0.25) is 0 Å². The summed E-state index contributed by atoms with van der Waals surface area (Å²) in [5.74, 6) is 2.35. The van der Waals surface area contributed by atoms with E-state index in [1.165, 1.54) is 0 Å². The van der Waals surface area contributed by atoms with E-state index in [9.17, 15) is 19.1 Å². The fraction of sp³-hybridized carbons (Fsp3) is 0.271. The Morgan fingerprint density at radius 3 is 1.51 bits per heavy atom. The first-order chi connectivity index (χ1) is 29.5. The number of anilines is 2. The maximum absolute atomic E-state index is 12.6. The Hall–Kier alpha value is -2.08. The molecule has 2 atom stereocenters. The van der Waals surface area contributed by atoms with Gasteiger partial charge in [-0.3, -0.25) is 28.6 Å². The van der Waals surface area contributed by atoms with Crippen LogP contribution in [0.5, 0.6) is 23.0 Å². The molecular weight excluding hydrogens is 1110 g/mol. The topological polar surface area (TPSA) is 138 Å². The SMILES string of the molecule is C=C1C(=O)N(c2cc(C)c(C)c(OC)c2)[C@H]1c1ccc(C)c(O)c1.C=CCBr.C=CCOc1cc([C@H]2C(=C)C(=O)N2c2cc(C)c(C)c(OC)c2)ccc1C.O=CO[O-].[2H]CF.[Cs+].[Cs+].[H-]. The van der Waals surface area contributed by atoms with Gasteiger partial charge in [0.15, 0.2) is 0 Å². The molecule has 0 bridgehead atoms. The third kappa shape index (κ3) is 15.5. The number of halogens is 2. The summed E-state index contributed by atoms with van der Waals surface area (Å²) in [5.41, 5.74) is 10.6. The number of phenols is 1. The number of nitrogens with zero attached hydrogens (tertiary/aromatic N) is 2. The first-order valence-corrected chi connectivity index (χ1v) is 19.8. The number of allylic oxidation sites excluding steroid dienone is 1. The van der Waals surface area contributed by atoms with E-state index in [-0.39, 0.29) is 175 Å². The van der Waals surface area contributed by atoms with Gasteiger partial charge in [-0.1, -0.05) is 72.1 Å². The monoisotopic (exact) mass is 1170 g/mol. The van der Waals surface area contributed by atoms with Crippen LogP contribution in [0.4, 0.5) is 15.8 Å². The van der Waals surface area contributed by atoms with E-state index in [4.69, 9.17) is 25.6 Å². The number of alkyl halides is 2. The van der Waals surface area contributed by atoms with Crippen LogP contribution in [0.15, 0.2) is 110 Å². The number of β-lactam (4-membered cyclic amide) rings is 2. The van der Waals surface area contributed by atoms with Crippen LogP contribution in [-0.2, 0) is 19.3 Å². The van der Waals surface area contributed by atoms with E-state index in [1.807, 2.05) is 96.1 Å². The first-order valence-electron chi connectivity index (χ1n) is 19.4. The Kier molecular flexibility index (Phi) is 28.3. The number of hydrogen-bond acceptors (Lipinski definition) is 9. The van der Waals surface area contributed by atoms with Gasteiger partial charge in [-0.25, -0.2) is 0 Å². The molecule has 2 saturated heterocycles. The van der Waals surface area contributed by atoms with Crippen molar-refractivity contribution in [3.63, 3.8) is 0 Å². The van der Waals surface area contributed by atoms with E-state index >= 15 is 0 Å². The average molecular weight is 1170 g/mol. The van der Waals surface area contributed by atoms with Gasteiger partial charge in [-0.15, -0.1) is 6.58 Å². The summed E-state index contributed by atoms with van der Waals surface area (Å²) in [7, 11) is 2.26. The van der Waals surface area contributed by atoms with E-state index in [0.29, 0.717) is 17.8 Å². The maximum Gasteiger partial charge on any atom is 1.00 e. The van der Waals surface area contributed by atoms with Gasteiger partial charge in [-0.2, -0.15) is 0 Å². The number of aryl methyl sites for hydroxylation is 4. The molecule has 0 unspecified atom stereocenters. The molecule has 0 spiro atoms. The van der Waals surface area contributed by atoms with E-state index in [1.54, 1.807) is 42.2 Å². The molecule has 0 radical (unpaired) electrons. The smallest absolute Gasteiger partial charge is 1.00 e. The number of carbonyl (C=O) groups is 3. The van der Waals surface area contributed by atoms with Crippen molar-refractivity contribution in [2.24, 2.45) is 0 Å². The number of aromatic hydroxyl groups is 1. The van der Waals surface area contributed by atoms with Crippen molar-refractivity contribution >= 4 is 45.6 Å². The number of rotatable bonds is 11. The zero-order chi connectivity index (χ0) is 46.8. The molecule has 2 heterocycles. The first kappa shape index (κ1) is 58.9. The molecule has 11 nitrogen and oxygen atoms in total. The van der Waals surface area contributed by atoms with Crippen LogP contribution in [0.1, 0.15) is 59.4 Å². The van der Waals surface area contributed by atoms with E-state index in [0.717, 1.165) is 78.5 Å². The molecule has 2 amide bonds. The molecule has 328 valence electrons. The Bertz CT molecular complexity index is 2270. The van der Waals surface area contributed by atoms with Gasteiger partial charge in [0.1, 0.15) is 29.6 Å². The zero-order valence-electron chi connectivity index (χ0n) is 40.0. The predicted octanol–water partition coefficient (Wildman–Crippen LogP) is 3.51. The van der Waals surface area contributed by atoms with Crippen LogP contribution in [0.25, 0.3) is 0 Å². The molecule has 2 fully saturated rings. The third-order valence-electron chi connectivity index (χ3n) is 9.95. The molecule has 15 heteroatoms. The van der Waals surface area contributed by atoms with Crippen molar-refractivity contribution in [1.29, 1.82) is 0 Å². The molecule has 63 heavy (non-hydrogen) atoms. The van der Waals surface area contributed by atoms with Crippen molar-refractivity contribution in [1.82, 2.24) is 0 Å². The average Bonchev–Trinajstić information content (AvgIpc) is 3.27. The fourth-order valence-electron chi connectivity index (χ4n) is 6.40. The number of ether oxygens (including phenoxy) is 3. The fourth-order valence-corrected chi connectivity index (χ4v) is 6.40. The third-order valence-corrected chi connectivity index (χ3v) is 10.4. The maximum atomic E-state index is 12.6. The van der Waals surface area contributed by atoms with Crippen molar-refractivity contribution < 1.29 is 189 Å². The number of carbonyl (C=O) groups excluding carboxylic acids is 3. The molecule has 2 aliphatic heterocycles. The van der Waals surface area contributed by atoms with Crippen LogP contribution in [-0.4, -0.2) is 56.7 Å². The minimum Gasteiger partial charge on any atom is -1.00 e. The second-order valence-corrected chi connectivity index (χ2v) is 14.3. The Balaban J connectivity index is 0. The minimum atomic E-state index is -1.00. The minimum absolute atomic E-state index is 0. The molecule has 0 aromatic heterocycles. The van der Waals surface area contributed by atoms with E-state index in [2.05, 4.69) is 47.1 Å². The number of hydrogen-bond donors (Lipinski definition) is 1. The van der Waals surface area contributed by atoms with Gasteiger partial charge in [0.25, 0.3) is 18.3 Å². The van der Waals surface area contributed by atoms with Crippen molar-refractivity contribution in [2.75, 3.05) is 43.1 Å². The number of amides is 2. The normalized spacial score (nSPS) is 14.4. The zero-order valence-corrected chi connectivity index (χ0v) is 52.1. The molecule has 6 rings (SSSR count). The van der Waals surface area contributed by atoms with Gasteiger partial charge in [0, 0.05) is 40.0 Å².